The van der Waals surface area contributed by atoms with E-state index in [0.29, 0.717) is 5.25 Å². The van der Waals surface area contributed by atoms with Gasteiger partial charge >= 0.3 is 0 Å². The number of benzene rings is 1. The van der Waals surface area contributed by atoms with Crippen molar-refractivity contribution in [3.63, 3.8) is 0 Å². The highest BCUT2D eigenvalue weighted by molar-refractivity contribution is 8.00. The van der Waals surface area contributed by atoms with E-state index in [1.165, 1.54) is 25.7 Å². The molecule has 1 aromatic carbocycles. The van der Waals surface area contributed by atoms with Gasteiger partial charge in [-0.05, 0) is 36.5 Å². The third-order valence-electron chi connectivity index (χ3n) is 3.38. The molecule has 17 heavy (non-hydrogen) atoms. The van der Waals surface area contributed by atoms with Crippen molar-refractivity contribution in [1.29, 1.82) is 0 Å². The van der Waals surface area contributed by atoms with Crippen LogP contribution in [0, 0.1) is 5.92 Å². The molecule has 94 valence electrons. The molecule has 2 unspecified atom stereocenters. The Labute approximate surface area is 113 Å². The summed E-state index contributed by atoms with van der Waals surface area (Å²) in [7, 11) is 0. The average molecular weight is 271 g/mol. The standard InChI is InChI=1S/C14H19ClOS/c1-10-3-2-4-13(7-10)17-14-8-12(15)6-5-11(14)9-16/h5-6,8,10,13,16H,2-4,7,9H2,1H3. The molecule has 1 aliphatic carbocycles. The molecule has 1 nitrogen and oxygen atoms in total. The topological polar surface area (TPSA) is 20.2 Å². The van der Waals surface area contributed by atoms with E-state index < -0.39 is 0 Å². The molecule has 0 aliphatic heterocycles. The van der Waals surface area contributed by atoms with E-state index in [1.54, 1.807) is 0 Å². The van der Waals surface area contributed by atoms with E-state index in [4.69, 9.17) is 11.6 Å². The minimum absolute atomic E-state index is 0.0990. The van der Waals surface area contributed by atoms with Gasteiger partial charge in [-0.2, -0.15) is 0 Å². The second-order valence-corrected chi connectivity index (χ2v) is 6.70. The fourth-order valence-corrected chi connectivity index (χ4v) is 4.22. The summed E-state index contributed by atoms with van der Waals surface area (Å²) in [5, 5.41) is 10.8. The molecule has 1 aromatic rings. The van der Waals surface area contributed by atoms with Gasteiger partial charge in [-0.25, -0.2) is 0 Å². The Kier molecular flexibility index (Phi) is 4.78. The quantitative estimate of drug-likeness (QED) is 0.872. The monoisotopic (exact) mass is 270 g/mol. The molecule has 3 heteroatoms. The molecule has 2 rings (SSSR count). The van der Waals surface area contributed by atoms with Crippen LogP contribution in [0.4, 0.5) is 0 Å². The van der Waals surface area contributed by atoms with E-state index in [0.717, 1.165) is 21.4 Å². The van der Waals surface area contributed by atoms with Gasteiger partial charge in [-0.3, -0.25) is 0 Å². The molecule has 0 radical (unpaired) electrons. The van der Waals surface area contributed by atoms with Crippen molar-refractivity contribution < 1.29 is 5.11 Å². The van der Waals surface area contributed by atoms with Gasteiger partial charge in [0.05, 0.1) is 6.61 Å². The van der Waals surface area contributed by atoms with Crippen LogP contribution in [0.5, 0.6) is 0 Å². The fraction of sp³-hybridized carbons (Fsp3) is 0.571. The first-order chi connectivity index (χ1) is 8.19. The molecule has 0 heterocycles. The number of aliphatic hydroxyl groups excluding tert-OH is 1. The first kappa shape index (κ1) is 13.3. The summed E-state index contributed by atoms with van der Waals surface area (Å²) in [6.45, 7) is 2.43. The smallest absolute Gasteiger partial charge is 0.0692 e. The van der Waals surface area contributed by atoms with Crippen molar-refractivity contribution in [2.24, 2.45) is 5.92 Å². The predicted octanol–water partition coefficient (Wildman–Crippen LogP) is 4.50. The van der Waals surface area contributed by atoms with Crippen molar-refractivity contribution in [2.75, 3.05) is 0 Å². The molecule has 0 saturated heterocycles. The lowest BCUT2D eigenvalue weighted by Crippen LogP contribution is -2.15. The number of thioether (sulfide) groups is 1. The Morgan fingerprint density at radius 1 is 1.41 bits per heavy atom. The Morgan fingerprint density at radius 3 is 2.94 bits per heavy atom. The zero-order valence-corrected chi connectivity index (χ0v) is 11.7. The minimum atomic E-state index is 0.0990. The highest BCUT2D eigenvalue weighted by Crippen LogP contribution is 2.38. The Hall–Kier alpha value is -0.180. The van der Waals surface area contributed by atoms with Crippen molar-refractivity contribution >= 4 is 23.4 Å². The molecular weight excluding hydrogens is 252 g/mol. The van der Waals surface area contributed by atoms with Gasteiger partial charge in [0.2, 0.25) is 0 Å². The lowest BCUT2D eigenvalue weighted by Gasteiger charge is -2.26. The molecule has 0 aromatic heterocycles. The summed E-state index contributed by atoms with van der Waals surface area (Å²) in [5.41, 5.74) is 0.998. The van der Waals surface area contributed by atoms with Crippen LogP contribution in [0.25, 0.3) is 0 Å². The van der Waals surface area contributed by atoms with Gasteiger partial charge in [0.1, 0.15) is 0 Å². The molecule has 0 spiro atoms. The third kappa shape index (κ3) is 3.64. The summed E-state index contributed by atoms with van der Waals surface area (Å²) in [5.74, 6) is 0.831. The number of hydrogen-bond donors (Lipinski definition) is 1. The molecule has 0 bridgehead atoms. The van der Waals surface area contributed by atoms with E-state index in [-0.39, 0.29) is 6.61 Å². The minimum Gasteiger partial charge on any atom is -0.392 e. The van der Waals surface area contributed by atoms with Crippen molar-refractivity contribution in [3.05, 3.63) is 28.8 Å². The van der Waals surface area contributed by atoms with Gasteiger partial charge < -0.3 is 5.11 Å². The zero-order valence-electron chi connectivity index (χ0n) is 10.2. The van der Waals surface area contributed by atoms with Crippen LogP contribution < -0.4 is 0 Å². The normalized spacial score (nSPS) is 24.9. The maximum absolute atomic E-state index is 9.33. The van der Waals surface area contributed by atoms with E-state index in [1.807, 2.05) is 30.0 Å². The predicted molar refractivity (Wildman–Crippen MR) is 74.7 cm³/mol. The maximum atomic E-state index is 9.33. The Balaban J connectivity index is 2.08. The van der Waals surface area contributed by atoms with Crippen LogP contribution >= 0.6 is 23.4 Å². The van der Waals surface area contributed by atoms with Crippen LogP contribution in [-0.4, -0.2) is 10.4 Å². The summed E-state index contributed by atoms with van der Waals surface area (Å²) >= 11 is 7.91. The second-order valence-electron chi connectivity index (χ2n) is 4.92. The van der Waals surface area contributed by atoms with E-state index >= 15 is 0 Å². The van der Waals surface area contributed by atoms with Gasteiger partial charge in [-0.1, -0.05) is 37.4 Å². The van der Waals surface area contributed by atoms with E-state index in [9.17, 15) is 5.11 Å². The number of halogens is 1. The molecule has 1 saturated carbocycles. The van der Waals surface area contributed by atoms with E-state index in [2.05, 4.69) is 6.92 Å². The molecule has 2 atom stereocenters. The lowest BCUT2D eigenvalue weighted by molar-refractivity contribution is 0.279. The molecule has 0 amide bonds. The van der Waals surface area contributed by atoms with Gasteiger partial charge in [-0.15, -0.1) is 11.8 Å². The van der Waals surface area contributed by atoms with Crippen LogP contribution in [-0.2, 0) is 6.61 Å². The van der Waals surface area contributed by atoms with Crippen LogP contribution in [0.2, 0.25) is 5.02 Å². The van der Waals surface area contributed by atoms with Crippen LogP contribution in [0.3, 0.4) is 0 Å². The van der Waals surface area contributed by atoms with Crippen molar-refractivity contribution in [2.45, 2.75) is 49.4 Å². The Bertz CT molecular complexity index is 380. The fourth-order valence-electron chi connectivity index (χ4n) is 2.43. The first-order valence-corrected chi connectivity index (χ1v) is 7.50. The summed E-state index contributed by atoms with van der Waals surface area (Å²) in [6, 6.07) is 5.76. The summed E-state index contributed by atoms with van der Waals surface area (Å²) in [6.07, 6.45) is 5.25. The van der Waals surface area contributed by atoms with Crippen molar-refractivity contribution in [3.8, 4) is 0 Å². The zero-order chi connectivity index (χ0) is 12.3. The highest BCUT2D eigenvalue weighted by Gasteiger charge is 2.20. The van der Waals surface area contributed by atoms with Gasteiger partial charge in [0.25, 0.3) is 0 Å². The number of rotatable bonds is 3. The highest BCUT2D eigenvalue weighted by atomic mass is 35.5. The van der Waals surface area contributed by atoms with Gasteiger partial charge in [0.15, 0.2) is 0 Å². The maximum Gasteiger partial charge on any atom is 0.0692 e. The number of aliphatic hydroxyl groups is 1. The first-order valence-electron chi connectivity index (χ1n) is 6.25. The molecule has 1 N–H and O–H groups in total. The Morgan fingerprint density at radius 2 is 2.24 bits per heavy atom. The average Bonchev–Trinajstić information content (AvgIpc) is 2.29. The largest absolute Gasteiger partial charge is 0.392 e. The SMILES string of the molecule is CC1CCCC(Sc2cc(Cl)ccc2CO)C1. The summed E-state index contributed by atoms with van der Waals surface area (Å²) < 4.78 is 0. The van der Waals surface area contributed by atoms with Crippen LogP contribution in [0.1, 0.15) is 38.2 Å². The van der Waals surface area contributed by atoms with Crippen LogP contribution in [0.15, 0.2) is 23.1 Å². The lowest BCUT2D eigenvalue weighted by atomic mass is 9.91. The molecule has 1 fully saturated rings. The third-order valence-corrected chi connectivity index (χ3v) is 5.01. The summed E-state index contributed by atoms with van der Waals surface area (Å²) in [4.78, 5) is 1.15. The molecular formula is C14H19ClOS. The van der Waals surface area contributed by atoms with Gasteiger partial charge in [0, 0.05) is 15.2 Å². The number of hydrogen-bond acceptors (Lipinski definition) is 2. The van der Waals surface area contributed by atoms with Crippen molar-refractivity contribution in [1.82, 2.24) is 0 Å². The second kappa shape index (κ2) is 6.12. The molecule has 1 aliphatic rings.